The fourth-order valence-electron chi connectivity index (χ4n) is 3.67. The predicted octanol–water partition coefficient (Wildman–Crippen LogP) is 1.72. The van der Waals surface area contributed by atoms with Gasteiger partial charge in [-0.15, -0.1) is 0 Å². The molecule has 2 aromatic heterocycles. The van der Waals surface area contributed by atoms with Gasteiger partial charge in [0.1, 0.15) is 23.7 Å². The fraction of sp³-hybridized carbons (Fsp3) is 0.333. The third kappa shape index (κ3) is 2.79. The van der Waals surface area contributed by atoms with Crippen molar-refractivity contribution in [3.05, 3.63) is 59.1 Å². The number of hydrogen-bond donors (Lipinski definition) is 3. The number of nitrogens with two attached hydrogens (primary N) is 2. The van der Waals surface area contributed by atoms with Gasteiger partial charge in [-0.3, -0.25) is 9.78 Å². The number of carbonyl (C=O) groups is 1. The zero-order chi connectivity index (χ0) is 20.1. The number of rotatable bonds is 5. The molecule has 0 spiro atoms. The minimum atomic E-state index is -0.831. The molecule has 0 saturated heterocycles. The van der Waals surface area contributed by atoms with Crippen LogP contribution in [0.15, 0.2) is 41.1 Å². The molecule has 0 aliphatic heterocycles. The second-order valence-corrected chi connectivity index (χ2v) is 7.62. The molecule has 1 aromatic carbocycles. The molecule has 146 valence electrons. The molecule has 5 N–H and O–H groups in total. The molecule has 4 rings (SSSR count). The number of fused-ring (bicyclic) bond motifs is 4. The summed E-state index contributed by atoms with van der Waals surface area (Å²) < 4.78 is 11.8. The lowest BCUT2D eigenvalue weighted by atomic mass is 9.72. The smallest absolute Gasteiger partial charge is 0.197 e. The topological polar surface area (TPSA) is 125 Å². The first kappa shape index (κ1) is 18.6. The van der Waals surface area contributed by atoms with Crippen LogP contribution in [0.25, 0.3) is 11.0 Å². The summed E-state index contributed by atoms with van der Waals surface area (Å²) >= 11 is 0. The lowest BCUT2D eigenvalue weighted by Gasteiger charge is -2.31. The van der Waals surface area contributed by atoms with E-state index in [1.807, 2.05) is 19.9 Å². The average molecular weight is 381 g/mol. The van der Waals surface area contributed by atoms with E-state index in [9.17, 15) is 9.90 Å². The Kier molecular flexibility index (Phi) is 4.45. The molecule has 2 heterocycles. The SMILES string of the molecule is CC1(C)c2cc(OCC(N)[C@H](O)CN)ccc2C(=O)c2c1oc1ccncc21. The highest BCUT2D eigenvalue weighted by Crippen LogP contribution is 2.45. The summed E-state index contributed by atoms with van der Waals surface area (Å²) in [5.41, 5.74) is 13.4. The summed E-state index contributed by atoms with van der Waals surface area (Å²) in [6.45, 7) is 4.22. The van der Waals surface area contributed by atoms with Gasteiger partial charge in [-0.2, -0.15) is 0 Å². The molecule has 0 fully saturated rings. The number of aliphatic hydroxyl groups excluding tert-OH is 1. The predicted molar refractivity (Wildman–Crippen MR) is 105 cm³/mol. The first-order chi connectivity index (χ1) is 13.3. The van der Waals surface area contributed by atoms with E-state index in [0.29, 0.717) is 28.2 Å². The number of ether oxygens (including phenoxy) is 1. The molecular weight excluding hydrogens is 358 g/mol. The zero-order valence-electron chi connectivity index (χ0n) is 15.8. The van der Waals surface area contributed by atoms with E-state index in [4.69, 9.17) is 20.6 Å². The highest BCUT2D eigenvalue weighted by Gasteiger charge is 2.41. The van der Waals surface area contributed by atoms with Gasteiger partial charge in [0.15, 0.2) is 5.78 Å². The fourth-order valence-corrected chi connectivity index (χ4v) is 3.67. The number of aromatic nitrogens is 1. The van der Waals surface area contributed by atoms with Crippen LogP contribution in [0.2, 0.25) is 0 Å². The van der Waals surface area contributed by atoms with Crippen LogP contribution in [0, 0.1) is 0 Å². The van der Waals surface area contributed by atoms with Crippen LogP contribution in [-0.2, 0) is 5.41 Å². The summed E-state index contributed by atoms with van der Waals surface area (Å²) in [6, 6.07) is 6.51. The lowest BCUT2D eigenvalue weighted by molar-refractivity contribution is 0.102. The van der Waals surface area contributed by atoms with Crippen LogP contribution in [0.5, 0.6) is 5.75 Å². The van der Waals surface area contributed by atoms with Crippen molar-refractivity contribution >= 4 is 16.8 Å². The van der Waals surface area contributed by atoms with E-state index < -0.39 is 17.6 Å². The molecule has 0 radical (unpaired) electrons. The van der Waals surface area contributed by atoms with Gasteiger partial charge < -0.3 is 25.7 Å². The Bertz CT molecular complexity index is 1060. The van der Waals surface area contributed by atoms with Gasteiger partial charge in [0.05, 0.1) is 23.1 Å². The number of nitrogens with zero attached hydrogens (tertiary/aromatic N) is 1. The van der Waals surface area contributed by atoms with Crippen LogP contribution in [0.3, 0.4) is 0 Å². The minimum absolute atomic E-state index is 0.0694. The highest BCUT2D eigenvalue weighted by atomic mass is 16.5. The molecule has 28 heavy (non-hydrogen) atoms. The van der Waals surface area contributed by atoms with Crippen molar-refractivity contribution in [3.8, 4) is 5.75 Å². The summed E-state index contributed by atoms with van der Waals surface area (Å²) in [5.74, 6) is 1.11. The summed E-state index contributed by atoms with van der Waals surface area (Å²) in [4.78, 5) is 17.3. The third-order valence-corrected chi connectivity index (χ3v) is 5.37. The average Bonchev–Trinajstić information content (AvgIpc) is 3.10. The van der Waals surface area contributed by atoms with Crippen molar-refractivity contribution in [1.29, 1.82) is 0 Å². The number of benzene rings is 1. The molecule has 1 aliphatic carbocycles. The Balaban J connectivity index is 1.73. The highest BCUT2D eigenvalue weighted by molar-refractivity contribution is 6.19. The van der Waals surface area contributed by atoms with Crippen molar-refractivity contribution in [2.75, 3.05) is 13.2 Å². The van der Waals surface area contributed by atoms with E-state index in [0.717, 1.165) is 10.9 Å². The van der Waals surface area contributed by atoms with Crippen molar-refractivity contribution in [1.82, 2.24) is 4.98 Å². The molecule has 7 heteroatoms. The molecule has 1 unspecified atom stereocenters. The normalized spacial score (nSPS) is 17.1. The van der Waals surface area contributed by atoms with Crippen LogP contribution < -0.4 is 16.2 Å². The number of ketones is 1. The van der Waals surface area contributed by atoms with Crippen LogP contribution in [0.4, 0.5) is 0 Å². The second-order valence-electron chi connectivity index (χ2n) is 7.62. The third-order valence-electron chi connectivity index (χ3n) is 5.37. The van der Waals surface area contributed by atoms with Gasteiger partial charge in [-0.1, -0.05) is 0 Å². The number of hydrogen-bond acceptors (Lipinski definition) is 7. The van der Waals surface area contributed by atoms with Crippen LogP contribution >= 0.6 is 0 Å². The Labute approximate surface area is 162 Å². The molecule has 7 nitrogen and oxygen atoms in total. The van der Waals surface area contributed by atoms with Gasteiger partial charge in [0.25, 0.3) is 0 Å². The number of carbonyl (C=O) groups excluding carboxylic acids is 1. The van der Waals surface area contributed by atoms with Crippen molar-refractivity contribution in [3.63, 3.8) is 0 Å². The first-order valence-corrected chi connectivity index (χ1v) is 9.17. The summed E-state index contributed by atoms with van der Waals surface area (Å²) in [7, 11) is 0. The van der Waals surface area contributed by atoms with Gasteiger partial charge in [0, 0.05) is 29.9 Å². The largest absolute Gasteiger partial charge is 0.492 e. The van der Waals surface area contributed by atoms with Crippen molar-refractivity contribution in [2.24, 2.45) is 11.5 Å². The van der Waals surface area contributed by atoms with Crippen LogP contribution in [-0.4, -0.2) is 41.2 Å². The molecule has 2 atom stereocenters. The quantitative estimate of drug-likeness (QED) is 0.614. The Morgan fingerprint density at radius 1 is 1.32 bits per heavy atom. The van der Waals surface area contributed by atoms with E-state index in [1.54, 1.807) is 30.6 Å². The van der Waals surface area contributed by atoms with E-state index in [-0.39, 0.29) is 18.9 Å². The molecule has 1 aliphatic rings. The Hall–Kier alpha value is -2.74. The Morgan fingerprint density at radius 3 is 2.86 bits per heavy atom. The maximum atomic E-state index is 13.2. The maximum Gasteiger partial charge on any atom is 0.197 e. The van der Waals surface area contributed by atoms with Gasteiger partial charge in [0.2, 0.25) is 0 Å². The lowest BCUT2D eigenvalue weighted by Crippen LogP contribution is -2.43. The van der Waals surface area contributed by atoms with Gasteiger partial charge in [-0.25, -0.2) is 0 Å². The first-order valence-electron chi connectivity index (χ1n) is 9.17. The molecule has 0 saturated carbocycles. The number of aliphatic hydroxyl groups is 1. The maximum absolute atomic E-state index is 13.2. The Morgan fingerprint density at radius 2 is 2.11 bits per heavy atom. The van der Waals surface area contributed by atoms with Gasteiger partial charge in [-0.05, 0) is 43.7 Å². The zero-order valence-corrected chi connectivity index (χ0v) is 15.8. The standard InChI is InChI=1S/C21H23N3O4/c1-21(2)14-7-11(27-10-15(23)16(25)8-22)3-4-12(14)19(26)18-13-9-24-6-5-17(13)28-20(18)21/h3-7,9,15-16,25H,8,10,22-23H2,1-2H3/t15?,16-/m1/s1. The molecule has 0 bridgehead atoms. The second kappa shape index (κ2) is 6.70. The molecular formula is C21H23N3O4. The molecule has 3 aromatic rings. The van der Waals surface area contributed by atoms with E-state index in [2.05, 4.69) is 4.98 Å². The molecule has 0 amide bonds. The van der Waals surface area contributed by atoms with Crippen LogP contribution in [0.1, 0.15) is 41.1 Å². The van der Waals surface area contributed by atoms with Gasteiger partial charge >= 0.3 is 0 Å². The van der Waals surface area contributed by atoms with E-state index >= 15 is 0 Å². The minimum Gasteiger partial charge on any atom is -0.492 e. The van der Waals surface area contributed by atoms with E-state index in [1.165, 1.54) is 0 Å². The number of pyridine rings is 1. The summed E-state index contributed by atoms with van der Waals surface area (Å²) in [5, 5.41) is 10.4. The number of furan rings is 1. The van der Waals surface area contributed by atoms with Crippen molar-refractivity contribution < 1.29 is 19.1 Å². The summed E-state index contributed by atoms with van der Waals surface area (Å²) in [6.07, 6.45) is 2.48. The van der Waals surface area contributed by atoms with Crippen molar-refractivity contribution in [2.45, 2.75) is 31.4 Å². The monoisotopic (exact) mass is 381 g/mol.